The Morgan fingerprint density at radius 1 is 0.941 bits per heavy atom. The third-order valence-corrected chi connectivity index (χ3v) is 12.1. The van der Waals surface area contributed by atoms with E-state index in [9.17, 15) is 35.2 Å². The Labute approximate surface area is 293 Å². The van der Waals surface area contributed by atoms with Crippen molar-refractivity contribution < 1.29 is 39.6 Å². The summed E-state index contributed by atoms with van der Waals surface area (Å²) in [5.74, 6) is -3.39. The van der Waals surface area contributed by atoms with Crippen LogP contribution in [0.5, 0.6) is 0 Å². The lowest BCUT2D eigenvalue weighted by Gasteiger charge is -2.50. The number of aromatic nitrogens is 1. The van der Waals surface area contributed by atoms with Crippen molar-refractivity contribution in [3.8, 4) is 11.3 Å². The predicted octanol–water partition coefficient (Wildman–Crippen LogP) is 7.24. The summed E-state index contributed by atoms with van der Waals surface area (Å²) in [6, 6.07) is 18.4. The maximum absolute atomic E-state index is 14.9. The molecule has 0 spiro atoms. The summed E-state index contributed by atoms with van der Waals surface area (Å²) in [6.45, 7) is 1.63. The minimum Gasteiger partial charge on any atom is -0.342 e. The van der Waals surface area contributed by atoms with Crippen molar-refractivity contribution >= 4 is 26.6 Å². The summed E-state index contributed by atoms with van der Waals surface area (Å²) < 4.78 is 97.7. The molecule has 1 amide bonds. The predicted molar refractivity (Wildman–Crippen MR) is 184 cm³/mol. The number of sulfone groups is 1. The quantitative estimate of drug-likeness (QED) is 0.148. The Morgan fingerprint density at radius 2 is 1.63 bits per heavy atom. The van der Waals surface area contributed by atoms with Gasteiger partial charge in [0.05, 0.1) is 64.7 Å². The second kappa shape index (κ2) is 12.9. The number of pyridine rings is 1. The van der Waals surface area contributed by atoms with Gasteiger partial charge in [-0.15, -0.1) is 0 Å². The molecule has 3 fully saturated rings. The smallest absolute Gasteiger partial charge is 0.342 e. The highest BCUT2D eigenvalue weighted by molar-refractivity contribution is 7.90. The van der Waals surface area contributed by atoms with Gasteiger partial charge in [-0.05, 0) is 48.7 Å². The van der Waals surface area contributed by atoms with E-state index >= 15 is 0 Å². The minimum absolute atomic E-state index is 0.0484. The van der Waals surface area contributed by atoms with Gasteiger partial charge >= 0.3 is 6.18 Å². The van der Waals surface area contributed by atoms with Crippen molar-refractivity contribution in [2.24, 2.45) is 0 Å². The van der Waals surface area contributed by atoms with Crippen LogP contribution < -0.4 is 10.6 Å². The van der Waals surface area contributed by atoms with Gasteiger partial charge in [-0.1, -0.05) is 42.5 Å². The van der Waals surface area contributed by atoms with Crippen molar-refractivity contribution in [3.05, 3.63) is 95.1 Å². The van der Waals surface area contributed by atoms with Gasteiger partial charge in [0.15, 0.2) is 9.84 Å². The fourth-order valence-corrected chi connectivity index (χ4v) is 8.63. The number of halogens is 5. The molecule has 1 aromatic heterocycles. The van der Waals surface area contributed by atoms with Crippen LogP contribution >= 0.6 is 0 Å². The molecule has 3 heterocycles. The number of likely N-dealkylation sites (tertiary alicyclic amines) is 1. The molecule has 4 aromatic rings. The third kappa shape index (κ3) is 7.12. The zero-order valence-electron chi connectivity index (χ0n) is 28.2. The molecule has 2 aliphatic heterocycles. The number of alkyl halides is 5. The molecule has 3 aromatic carbocycles. The van der Waals surface area contributed by atoms with Gasteiger partial charge in [0.2, 0.25) is 0 Å². The van der Waals surface area contributed by atoms with E-state index in [1.165, 1.54) is 30.3 Å². The monoisotopic (exact) mass is 727 g/mol. The van der Waals surface area contributed by atoms with Crippen molar-refractivity contribution in [1.82, 2.24) is 15.6 Å². The topological polar surface area (TPSA) is 88.2 Å². The van der Waals surface area contributed by atoms with Crippen LogP contribution in [0.2, 0.25) is 0 Å². The van der Waals surface area contributed by atoms with Crippen LogP contribution in [-0.2, 0) is 28.1 Å². The lowest BCUT2D eigenvalue weighted by atomic mass is 9.89. The molecule has 7 rings (SSSR count). The molecule has 0 unspecified atom stereocenters. The van der Waals surface area contributed by atoms with Gasteiger partial charge in [-0.25, -0.2) is 22.2 Å². The van der Waals surface area contributed by atoms with Crippen LogP contribution in [0.3, 0.4) is 0 Å². The van der Waals surface area contributed by atoms with E-state index in [1.54, 1.807) is 0 Å². The number of rotatable bonds is 8. The van der Waals surface area contributed by atoms with Crippen LogP contribution in [0.25, 0.3) is 22.2 Å². The lowest BCUT2D eigenvalue weighted by Crippen LogP contribution is -2.62. The van der Waals surface area contributed by atoms with E-state index in [0.29, 0.717) is 44.3 Å². The van der Waals surface area contributed by atoms with Gasteiger partial charge in [0, 0.05) is 48.7 Å². The first-order valence-corrected chi connectivity index (χ1v) is 19.2. The summed E-state index contributed by atoms with van der Waals surface area (Å²) in [6.07, 6.45) is -1.64. The summed E-state index contributed by atoms with van der Waals surface area (Å²) in [7, 11) is -3.75. The van der Waals surface area contributed by atoms with Gasteiger partial charge in [0.25, 0.3) is 11.8 Å². The minimum atomic E-state index is -4.66. The van der Waals surface area contributed by atoms with Crippen LogP contribution in [0.1, 0.15) is 65.6 Å². The number of carbonyl (C=O) groups is 1. The molecule has 51 heavy (non-hydrogen) atoms. The largest absolute Gasteiger partial charge is 0.416 e. The fourth-order valence-electron chi connectivity index (χ4n) is 7.99. The average Bonchev–Trinajstić information content (AvgIpc) is 3.89. The second-order valence-corrected chi connectivity index (χ2v) is 16.4. The fraction of sp³-hybridized carbons (Fsp3) is 0.421. The Bertz CT molecular complexity index is 2070. The standard InChI is InChI=1S/C38H39F5N4O3S/c1-51(49,50)29-10-11-32-30(23-29)33(35(48)46-36(14-15-36)26-7-3-2-4-8-26)31(34(45-32)25-6-5-9-27(22-25)38(41,42)43)24-47(28-12-18-44-19-13-28)20-16-37(39,40)17-21-47/h2-11,22-23,28,44H,12-21,24H2,1H3/p+1. The maximum Gasteiger partial charge on any atom is 0.416 e. The van der Waals surface area contributed by atoms with E-state index in [0.717, 1.165) is 24.0 Å². The molecular formula is C38H40F5N4O3S+. The number of nitrogens with one attached hydrogen (secondary N) is 2. The van der Waals surface area contributed by atoms with Crippen molar-refractivity contribution in [2.45, 2.75) is 73.6 Å². The first kappa shape index (κ1) is 35.5. The highest BCUT2D eigenvalue weighted by Crippen LogP contribution is 2.47. The Balaban J connectivity index is 1.49. The SMILES string of the molecule is CS(=O)(=O)c1ccc2nc(-c3cccc(C(F)(F)F)c3)c(C[N+]3(C4CCNCC4)CCC(F)(F)CC3)c(C(=O)NC3(c4ccccc4)CC3)c2c1. The Hall–Kier alpha value is -3.94. The Kier molecular flexibility index (Phi) is 8.99. The number of quaternary nitrogens is 1. The molecule has 0 radical (unpaired) electrons. The summed E-state index contributed by atoms with van der Waals surface area (Å²) >= 11 is 0. The zero-order chi connectivity index (χ0) is 36.2. The normalized spacial score (nSPS) is 20.2. The van der Waals surface area contributed by atoms with Crippen LogP contribution in [0.15, 0.2) is 77.7 Å². The lowest BCUT2D eigenvalue weighted by molar-refractivity contribution is -0.970. The van der Waals surface area contributed by atoms with Gasteiger partial charge in [-0.3, -0.25) is 4.79 Å². The third-order valence-electron chi connectivity index (χ3n) is 11.0. The molecule has 2 N–H and O–H groups in total. The highest BCUT2D eigenvalue weighted by Gasteiger charge is 2.50. The van der Waals surface area contributed by atoms with Crippen LogP contribution in [0, 0.1) is 0 Å². The molecule has 0 atom stereocenters. The van der Waals surface area contributed by atoms with Crippen LogP contribution in [-0.4, -0.2) is 68.2 Å². The molecule has 2 saturated heterocycles. The molecular weight excluding hydrogens is 687 g/mol. The summed E-state index contributed by atoms with van der Waals surface area (Å²) in [5.41, 5.74) is 0.215. The number of nitrogens with zero attached hydrogens (tertiary/aromatic N) is 2. The molecule has 3 aliphatic rings. The molecule has 1 saturated carbocycles. The zero-order valence-corrected chi connectivity index (χ0v) is 29.0. The molecule has 0 bridgehead atoms. The number of hydrogen-bond donors (Lipinski definition) is 2. The van der Waals surface area contributed by atoms with Crippen molar-refractivity contribution in [3.63, 3.8) is 0 Å². The maximum atomic E-state index is 14.9. The number of piperidine rings is 2. The van der Waals surface area contributed by atoms with E-state index in [-0.39, 0.29) is 75.6 Å². The molecule has 270 valence electrons. The molecule has 7 nitrogen and oxygen atoms in total. The Morgan fingerprint density at radius 3 is 2.25 bits per heavy atom. The number of benzene rings is 3. The second-order valence-electron chi connectivity index (χ2n) is 14.4. The van der Waals surface area contributed by atoms with Gasteiger partial charge < -0.3 is 15.1 Å². The summed E-state index contributed by atoms with van der Waals surface area (Å²) in [5, 5.41) is 6.78. The molecule has 13 heteroatoms. The van der Waals surface area contributed by atoms with E-state index in [1.807, 2.05) is 30.3 Å². The highest BCUT2D eigenvalue weighted by atomic mass is 32.2. The van der Waals surface area contributed by atoms with Gasteiger partial charge in [0.1, 0.15) is 6.54 Å². The van der Waals surface area contributed by atoms with Gasteiger partial charge in [-0.2, -0.15) is 13.2 Å². The number of hydrogen-bond acceptors (Lipinski definition) is 5. The number of carbonyl (C=O) groups excluding carboxylic acids is 1. The number of fused-ring (bicyclic) bond motifs is 1. The first-order valence-electron chi connectivity index (χ1n) is 17.3. The van der Waals surface area contributed by atoms with Crippen molar-refractivity contribution in [2.75, 3.05) is 32.4 Å². The molecule has 1 aliphatic carbocycles. The first-order chi connectivity index (χ1) is 24.1. The average molecular weight is 728 g/mol. The summed E-state index contributed by atoms with van der Waals surface area (Å²) in [4.78, 5) is 19.7. The van der Waals surface area contributed by atoms with Crippen LogP contribution in [0.4, 0.5) is 22.0 Å². The van der Waals surface area contributed by atoms with E-state index in [4.69, 9.17) is 4.98 Å². The number of amides is 1. The van der Waals surface area contributed by atoms with E-state index in [2.05, 4.69) is 10.6 Å². The van der Waals surface area contributed by atoms with E-state index < -0.39 is 38.9 Å². The van der Waals surface area contributed by atoms with Crippen molar-refractivity contribution in [1.29, 1.82) is 0 Å².